The number of alkyl halides is 2. The van der Waals surface area contributed by atoms with Crippen LogP contribution in [-0.4, -0.2) is 58.4 Å². The third-order valence-electron chi connectivity index (χ3n) is 5.22. The van der Waals surface area contributed by atoms with Crippen molar-refractivity contribution in [1.29, 1.82) is 0 Å². The van der Waals surface area contributed by atoms with Crippen molar-refractivity contribution in [1.82, 2.24) is 24.5 Å². The molecule has 37 heavy (non-hydrogen) atoms. The number of nitrogens with one attached hydrogen (secondary N) is 2. The highest BCUT2D eigenvalue weighted by Gasteiger charge is 2.33. The molecule has 2 heterocycles. The minimum absolute atomic E-state index is 0.192. The summed E-state index contributed by atoms with van der Waals surface area (Å²) in [5.74, 6) is -4.91. The molecular formula is C19H16BCl2F2N5O7S. The number of ether oxygens (including phenoxy) is 1. The molecule has 2 aromatic heterocycles. The average molecular weight is 578 g/mol. The molecule has 1 aliphatic rings. The van der Waals surface area contributed by atoms with E-state index in [0.717, 1.165) is 24.4 Å². The van der Waals surface area contributed by atoms with Crippen molar-refractivity contribution < 1.29 is 32.1 Å². The van der Waals surface area contributed by atoms with Crippen molar-refractivity contribution in [3.63, 3.8) is 0 Å². The number of sulfonamides is 1. The van der Waals surface area contributed by atoms with E-state index >= 15 is 0 Å². The summed E-state index contributed by atoms with van der Waals surface area (Å²) in [6.07, 6.45) is 0.649. The normalized spacial score (nSPS) is 17.9. The van der Waals surface area contributed by atoms with Gasteiger partial charge >= 0.3 is 5.69 Å². The van der Waals surface area contributed by atoms with Crippen LogP contribution in [0.25, 0.3) is 5.69 Å². The minimum Gasteiger partial charge on any atom is -0.505 e. The lowest BCUT2D eigenvalue weighted by Gasteiger charge is -2.31. The molecule has 1 aromatic carbocycles. The summed E-state index contributed by atoms with van der Waals surface area (Å²) in [6.45, 7) is 0. The van der Waals surface area contributed by atoms with E-state index in [1.165, 1.54) is 0 Å². The van der Waals surface area contributed by atoms with Gasteiger partial charge in [0.05, 0.1) is 28.0 Å². The molecule has 0 atom stereocenters. The first kappa shape index (κ1) is 27.0. The average Bonchev–Trinajstić information content (AvgIpc) is 2.75. The number of aromatic nitrogens is 4. The number of halogens is 4. The number of hydrogen-bond donors (Lipinski definition) is 4. The van der Waals surface area contributed by atoms with Gasteiger partial charge in [0.1, 0.15) is 4.90 Å². The van der Waals surface area contributed by atoms with Crippen LogP contribution in [0.15, 0.2) is 38.9 Å². The van der Waals surface area contributed by atoms with Gasteiger partial charge < -0.3 is 14.9 Å². The third-order valence-corrected chi connectivity index (χ3v) is 7.33. The number of hydrogen-bond acceptors (Lipinski definition) is 9. The van der Waals surface area contributed by atoms with Crippen LogP contribution in [0.1, 0.15) is 18.5 Å². The van der Waals surface area contributed by atoms with Crippen LogP contribution >= 0.6 is 23.2 Å². The zero-order valence-electron chi connectivity index (χ0n) is 18.6. The molecule has 0 bridgehead atoms. The highest BCUT2D eigenvalue weighted by Crippen LogP contribution is 2.39. The third kappa shape index (κ3) is 5.62. The van der Waals surface area contributed by atoms with Crippen LogP contribution < -0.4 is 20.7 Å². The van der Waals surface area contributed by atoms with Crippen molar-refractivity contribution in [3.05, 3.63) is 61.0 Å². The van der Waals surface area contributed by atoms with E-state index in [-0.39, 0.29) is 40.2 Å². The summed E-state index contributed by atoms with van der Waals surface area (Å²) >= 11 is 12.4. The van der Waals surface area contributed by atoms with Crippen molar-refractivity contribution in [3.8, 4) is 23.1 Å². The van der Waals surface area contributed by atoms with E-state index in [4.69, 9.17) is 27.9 Å². The zero-order chi connectivity index (χ0) is 27.3. The number of benzene rings is 1. The fraction of sp³-hybridized carbons (Fsp3) is 0.263. The Hall–Kier alpha value is -3.05. The van der Waals surface area contributed by atoms with E-state index < -0.39 is 55.6 Å². The van der Waals surface area contributed by atoms with E-state index in [0.29, 0.717) is 12.5 Å². The molecule has 4 rings (SSSR count). The fourth-order valence-electron chi connectivity index (χ4n) is 3.38. The summed E-state index contributed by atoms with van der Waals surface area (Å²) in [5, 5.41) is 22.3. The van der Waals surface area contributed by atoms with Crippen molar-refractivity contribution in [2.24, 2.45) is 0 Å². The summed E-state index contributed by atoms with van der Waals surface area (Å²) in [4.78, 5) is 28.9. The maximum absolute atomic E-state index is 13.7. The number of aromatic amines is 1. The molecule has 4 N–H and O–H groups in total. The second kappa shape index (κ2) is 9.68. The molecule has 1 saturated carbocycles. The molecule has 0 saturated heterocycles. The highest BCUT2D eigenvalue weighted by atomic mass is 35.5. The standard InChI is InChI=1S/C19H16BCl2F2N5O7S/c20-19(23,24)16-17(32)26-18(33)29(27-16)8-3-10(21)15(11(22)4-8)36-14-5-13(12(31)6-25-14)37(34,35)28-7-1-9(30)2-7/h3-7,9,28,30-31H,1-2,20H2,(H,26,32,33)/t7-,9-. The summed E-state index contributed by atoms with van der Waals surface area (Å²) in [7, 11) is -3.78. The van der Waals surface area contributed by atoms with Crippen molar-refractivity contribution in [2.75, 3.05) is 0 Å². The molecular weight excluding hydrogens is 562 g/mol. The summed E-state index contributed by atoms with van der Waals surface area (Å²) in [6, 6.07) is 2.56. The van der Waals surface area contributed by atoms with Crippen LogP contribution in [0, 0.1) is 0 Å². The molecule has 12 nitrogen and oxygen atoms in total. The molecule has 0 spiro atoms. The Morgan fingerprint density at radius 3 is 2.41 bits per heavy atom. The van der Waals surface area contributed by atoms with Gasteiger partial charge in [-0.25, -0.2) is 31.7 Å². The monoisotopic (exact) mass is 577 g/mol. The number of nitrogens with zero attached hydrogens (tertiary/aromatic N) is 3. The Labute approximate surface area is 217 Å². The van der Waals surface area contributed by atoms with Crippen LogP contribution in [0.5, 0.6) is 17.4 Å². The Morgan fingerprint density at radius 2 is 1.84 bits per heavy atom. The molecule has 0 amide bonds. The van der Waals surface area contributed by atoms with Crippen LogP contribution in [0.2, 0.25) is 10.0 Å². The first-order valence-corrected chi connectivity index (χ1v) is 12.6. The van der Waals surface area contributed by atoms with Gasteiger partial charge in [0.15, 0.2) is 17.2 Å². The van der Waals surface area contributed by atoms with Gasteiger partial charge in [-0.3, -0.25) is 9.78 Å². The van der Waals surface area contributed by atoms with Gasteiger partial charge in [0.2, 0.25) is 23.7 Å². The molecule has 1 fully saturated rings. The predicted molar refractivity (Wildman–Crippen MR) is 128 cm³/mol. The van der Waals surface area contributed by atoms with E-state index in [1.54, 1.807) is 4.98 Å². The minimum atomic E-state index is -4.21. The Kier molecular flexibility index (Phi) is 7.07. The maximum atomic E-state index is 13.7. The zero-order valence-corrected chi connectivity index (χ0v) is 20.9. The lowest BCUT2D eigenvalue weighted by atomic mass is 9.91. The number of rotatable bonds is 7. The first-order chi connectivity index (χ1) is 17.2. The topological polar surface area (TPSA) is 176 Å². The molecule has 18 heteroatoms. The van der Waals surface area contributed by atoms with Gasteiger partial charge in [0.25, 0.3) is 11.4 Å². The maximum Gasteiger partial charge on any atom is 0.349 e. The van der Waals surface area contributed by atoms with Crippen LogP contribution in [0.3, 0.4) is 0 Å². The van der Waals surface area contributed by atoms with Crippen molar-refractivity contribution >= 4 is 41.1 Å². The molecule has 0 unspecified atom stereocenters. The van der Waals surface area contributed by atoms with E-state index in [2.05, 4.69) is 14.8 Å². The van der Waals surface area contributed by atoms with Gasteiger partial charge in [0, 0.05) is 12.1 Å². The molecule has 3 aromatic rings. The van der Waals surface area contributed by atoms with Gasteiger partial charge in [-0.05, 0) is 25.0 Å². The summed E-state index contributed by atoms with van der Waals surface area (Å²) in [5.41, 5.74) is -3.91. The Balaban J connectivity index is 1.67. The largest absolute Gasteiger partial charge is 0.505 e. The SMILES string of the molecule is BC(F)(F)c1nn(-c2cc(Cl)c(Oc3cc(S(=O)(=O)N[C@H]4C[C@H](O)C4)c(O)cn3)c(Cl)c2)c(=O)[nH]c1=O. The lowest BCUT2D eigenvalue weighted by molar-refractivity contribution is 0.0711. The quantitative estimate of drug-likeness (QED) is 0.293. The van der Waals surface area contributed by atoms with Crippen LogP contribution in [0.4, 0.5) is 8.78 Å². The molecule has 196 valence electrons. The predicted octanol–water partition coefficient (Wildman–Crippen LogP) is 0.604. The van der Waals surface area contributed by atoms with Gasteiger partial charge in [-0.15, -0.1) is 0 Å². The second-order valence-electron chi connectivity index (χ2n) is 8.18. The highest BCUT2D eigenvalue weighted by molar-refractivity contribution is 7.89. The Morgan fingerprint density at radius 1 is 1.22 bits per heavy atom. The lowest BCUT2D eigenvalue weighted by Crippen LogP contribution is -2.46. The van der Waals surface area contributed by atoms with Gasteiger partial charge in [-0.1, -0.05) is 23.2 Å². The van der Waals surface area contributed by atoms with Gasteiger partial charge in [-0.2, -0.15) is 9.78 Å². The number of H-pyrrole nitrogens is 1. The van der Waals surface area contributed by atoms with E-state index in [1.807, 2.05) is 0 Å². The smallest absolute Gasteiger partial charge is 0.349 e. The number of aliphatic hydroxyl groups excluding tert-OH is 1. The Bertz CT molecular complexity index is 1580. The summed E-state index contributed by atoms with van der Waals surface area (Å²) < 4.78 is 61.0. The second-order valence-corrected chi connectivity index (χ2v) is 10.7. The number of aliphatic hydroxyl groups is 1. The number of pyridine rings is 1. The fourth-order valence-corrected chi connectivity index (χ4v) is 5.28. The molecule has 0 radical (unpaired) electrons. The first-order valence-electron chi connectivity index (χ1n) is 10.3. The number of aromatic hydroxyl groups is 1. The van der Waals surface area contributed by atoms with Crippen LogP contribution in [-0.2, 0) is 15.8 Å². The van der Waals surface area contributed by atoms with E-state index in [9.17, 15) is 37.0 Å². The molecule has 1 aliphatic carbocycles. The van der Waals surface area contributed by atoms with Crippen molar-refractivity contribution in [2.45, 2.75) is 35.7 Å². The molecule has 0 aliphatic heterocycles.